The molecule has 20 heavy (non-hydrogen) atoms. The van der Waals surface area contributed by atoms with E-state index in [0.717, 1.165) is 4.68 Å². The summed E-state index contributed by atoms with van der Waals surface area (Å²) in [5.74, 6) is 3.25. The summed E-state index contributed by atoms with van der Waals surface area (Å²) in [6.07, 6.45) is 0. The average Bonchev–Trinajstić information content (AvgIpc) is 2.74. The second kappa shape index (κ2) is 5.55. The van der Waals surface area contributed by atoms with Crippen molar-refractivity contribution in [2.75, 3.05) is 18.2 Å². The number of carbonyl (C=O) groups is 1. The predicted molar refractivity (Wildman–Crippen MR) is 69.5 cm³/mol. The standard InChI is InChI=1S/C12H14FN5O2/c1-2-20-11(19)9(7-5-3-4-6-8(7)13)10-16-17-12(14)18(10)15/h3-6,9H,2,15H2,1H3,(H2,14,17). The number of nitrogen functional groups attached to an aromatic ring is 2. The van der Waals surface area contributed by atoms with Crippen molar-refractivity contribution in [3.8, 4) is 0 Å². The van der Waals surface area contributed by atoms with Gasteiger partial charge in [0.25, 0.3) is 0 Å². The maximum absolute atomic E-state index is 13.9. The van der Waals surface area contributed by atoms with Gasteiger partial charge in [-0.3, -0.25) is 4.79 Å². The van der Waals surface area contributed by atoms with Gasteiger partial charge >= 0.3 is 5.97 Å². The number of ether oxygens (including phenoxy) is 1. The summed E-state index contributed by atoms with van der Waals surface area (Å²) < 4.78 is 19.8. The van der Waals surface area contributed by atoms with Gasteiger partial charge in [0.15, 0.2) is 5.82 Å². The number of anilines is 1. The molecule has 7 nitrogen and oxygen atoms in total. The molecule has 4 N–H and O–H groups in total. The molecule has 0 amide bonds. The zero-order valence-electron chi connectivity index (χ0n) is 10.8. The first kappa shape index (κ1) is 13.8. The van der Waals surface area contributed by atoms with E-state index in [9.17, 15) is 9.18 Å². The van der Waals surface area contributed by atoms with Gasteiger partial charge in [-0.1, -0.05) is 18.2 Å². The molecule has 0 saturated carbocycles. The number of benzene rings is 1. The number of rotatable bonds is 4. The van der Waals surface area contributed by atoms with Crippen LogP contribution in [0.25, 0.3) is 0 Å². The fraction of sp³-hybridized carbons (Fsp3) is 0.250. The summed E-state index contributed by atoms with van der Waals surface area (Å²) in [6, 6.07) is 5.82. The van der Waals surface area contributed by atoms with Crippen LogP contribution >= 0.6 is 0 Å². The Kier molecular flexibility index (Phi) is 3.83. The van der Waals surface area contributed by atoms with Gasteiger partial charge in [-0.05, 0) is 13.0 Å². The van der Waals surface area contributed by atoms with Gasteiger partial charge in [0, 0.05) is 5.56 Å². The zero-order valence-corrected chi connectivity index (χ0v) is 10.8. The first-order valence-electron chi connectivity index (χ1n) is 5.93. The lowest BCUT2D eigenvalue weighted by atomic mass is 9.98. The fourth-order valence-electron chi connectivity index (χ4n) is 1.82. The van der Waals surface area contributed by atoms with Crippen LogP contribution in [-0.2, 0) is 9.53 Å². The molecule has 1 aromatic carbocycles. The molecule has 8 heteroatoms. The summed E-state index contributed by atoms with van der Waals surface area (Å²) in [5.41, 5.74) is 5.59. The Balaban J connectivity index is 2.54. The SMILES string of the molecule is CCOC(=O)C(c1ccccc1F)c1nnc(N)n1N. The zero-order chi connectivity index (χ0) is 14.7. The summed E-state index contributed by atoms with van der Waals surface area (Å²) in [4.78, 5) is 12.1. The second-order valence-corrected chi connectivity index (χ2v) is 3.99. The van der Waals surface area contributed by atoms with Crippen molar-refractivity contribution in [3.63, 3.8) is 0 Å². The van der Waals surface area contributed by atoms with E-state index in [-0.39, 0.29) is 23.9 Å². The lowest BCUT2D eigenvalue weighted by Gasteiger charge is -2.15. The van der Waals surface area contributed by atoms with Crippen LogP contribution < -0.4 is 11.6 Å². The molecular weight excluding hydrogens is 265 g/mol. The van der Waals surface area contributed by atoms with Gasteiger partial charge in [-0.25, -0.2) is 9.07 Å². The van der Waals surface area contributed by atoms with Crippen LogP contribution in [0, 0.1) is 5.82 Å². The number of hydrogen-bond donors (Lipinski definition) is 2. The Morgan fingerprint density at radius 2 is 2.15 bits per heavy atom. The Morgan fingerprint density at radius 3 is 2.70 bits per heavy atom. The second-order valence-electron chi connectivity index (χ2n) is 3.99. The van der Waals surface area contributed by atoms with Crippen LogP contribution in [0.1, 0.15) is 24.2 Å². The summed E-state index contributed by atoms with van der Waals surface area (Å²) >= 11 is 0. The number of esters is 1. The first-order chi connectivity index (χ1) is 9.56. The van der Waals surface area contributed by atoms with Gasteiger partial charge in [0.2, 0.25) is 5.95 Å². The minimum Gasteiger partial charge on any atom is -0.465 e. The molecule has 1 heterocycles. The highest BCUT2D eigenvalue weighted by Crippen LogP contribution is 2.27. The normalized spacial score (nSPS) is 12.1. The van der Waals surface area contributed by atoms with Gasteiger partial charge in [-0.2, -0.15) is 0 Å². The third-order valence-electron chi connectivity index (χ3n) is 2.75. The molecule has 1 aromatic heterocycles. The van der Waals surface area contributed by atoms with Gasteiger partial charge < -0.3 is 16.3 Å². The third kappa shape index (κ3) is 2.40. The highest BCUT2D eigenvalue weighted by Gasteiger charge is 2.32. The van der Waals surface area contributed by atoms with Crippen molar-refractivity contribution in [1.29, 1.82) is 0 Å². The molecule has 0 spiro atoms. The van der Waals surface area contributed by atoms with Crippen molar-refractivity contribution in [2.24, 2.45) is 0 Å². The quantitative estimate of drug-likeness (QED) is 0.619. The van der Waals surface area contributed by atoms with Crippen molar-refractivity contribution < 1.29 is 13.9 Å². The van der Waals surface area contributed by atoms with Crippen LogP contribution in [0.5, 0.6) is 0 Å². The van der Waals surface area contributed by atoms with Gasteiger partial charge in [0.1, 0.15) is 11.7 Å². The van der Waals surface area contributed by atoms with Gasteiger partial charge in [-0.15, -0.1) is 10.2 Å². The third-order valence-corrected chi connectivity index (χ3v) is 2.75. The number of nitrogens with two attached hydrogens (primary N) is 2. The molecule has 0 radical (unpaired) electrons. The van der Waals surface area contributed by atoms with Crippen LogP contribution in [0.2, 0.25) is 0 Å². The fourth-order valence-corrected chi connectivity index (χ4v) is 1.82. The number of carbonyl (C=O) groups excluding carboxylic acids is 1. The van der Waals surface area contributed by atoms with E-state index < -0.39 is 17.7 Å². The van der Waals surface area contributed by atoms with Crippen LogP contribution in [0.15, 0.2) is 24.3 Å². The number of nitrogens with zero attached hydrogens (tertiary/aromatic N) is 3. The molecule has 0 aliphatic carbocycles. The molecule has 0 fully saturated rings. The van der Waals surface area contributed by atoms with Crippen molar-refractivity contribution in [2.45, 2.75) is 12.8 Å². The Morgan fingerprint density at radius 1 is 1.45 bits per heavy atom. The largest absolute Gasteiger partial charge is 0.465 e. The monoisotopic (exact) mass is 279 g/mol. The minimum absolute atomic E-state index is 0.0195. The molecule has 1 unspecified atom stereocenters. The molecule has 0 aliphatic rings. The minimum atomic E-state index is -1.12. The molecule has 2 rings (SSSR count). The van der Waals surface area contributed by atoms with Crippen LogP contribution in [0.3, 0.4) is 0 Å². The molecule has 0 aliphatic heterocycles. The van der Waals surface area contributed by atoms with Crippen molar-refractivity contribution in [3.05, 3.63) is 41.5 Å². The smallest absolute Gasteiger partial charge is 0.321 e. The van der Waals surface area contributed by atoms with Crippen molar-refractivity contribution in [1.82, 2.24) is 14.9 Å². The number of halogens is 1. The Hall–Kier alpha value is -2.64. The Bertz CT molecular complexity index is 628. The highest BCUT2D eigenvalue weighted by molar-refractivity contribution is 5.81. The van der Waals surface area contributed by atoms with E-state index in [2.05, 4.69) is 10.2 Å². The Labute approximate surface area is 114 Å². The maximum Gasteiger partial charge on any atom is 0.321 e. The maximum atomic E-state index is 13.9. The van der Waals surface area contributed by atoms with E-state index in [4.69, 9.17) is 16.3 Å². The molecular formula is C12H14FN5O2. The summed E-state index contributed by atoms with van der Waals surface area (Å²) in [7, 11) is 0. The lowest BCUT2D eigenvalue weighted by Crippen LogP contribution is -2.25. The number of aromatic nitrogens is 3. The van der Waals surface area contributed by atoms with E-state index in [1.807, 2.05) is 0 Å². The predicted octanol–water partition coefficient (Wildman–Crippen LogP) is 0.408. The van der Waals surface area contributed by atoms with E-state index in [1.165, 1.54) is 18.2 Å². The average molecular weight is 279 g/mol. The lowest BCUT2D eigenvalue weighted by molar-refractivity contribution is -0.144. The highest BCUT2D eigenvalue weighted by atomic mass is 19.1. The number of hydrogen-bond acceptors (Lipinski definition) is 6. The van der Waals surface area contributed by atoms with E-state index in [0.29, 0.717) is 0 Å². The van der Waals surface area contributed by atoms with Crippen molar-refractivity contribution >= 4 is 11.9 Å². The molecule has 2 aromatic rings. The molecule has 0 saturated heterocycles. The summed E-state index contributed by atoms with van der Waals surface area (Å²) in [6.45, 7) is 1.80. The topological polar surface area (TPSA) is 109 Å². The molecule has 1 atom stereocenters. The van der Waals surface area contributed by atoms with Crippen LogP contribution in [0.4, 0.5) is 10.3 Å². The summed E-state index contributed by atoms with van der Waals surface area (Å²) in [5, 5.41) is 7.30. The first-order valence-corrected chi connectivity index (χ1v) is 5.93. The van der Waals surface area contributed by atoms with E-state index >= 15 is 0 Å². The van der Waals surface area contributed by atoms with Crippen LogP contribution in [-0.4, -0.2) is 27.4 Å². The van der Waals surface area contributed by atoms with E-state index in [1.54, 1.807) is 13.0 Å². The van der Waals surface area contributed by atoms with Gasteiger partial charge in [0.05, 0.1) is 6.61 Å². The molecule has 106 valence electrons. The molecule has 0 bridgehead atoms.